The van der Waals surface area contributed by atoms with Crippen LogP contribution in [0.4, 0.5) is 0 Å². The first-order valence-corrected chi connectivity index (χ1v) is 13.1. The second-order valence-corrected chi connectivity index (χ2v) is 11.1. The third kappa shape index (κ3) is 5.70. The van der Waals surface area contributed by atoms with E-state index in [4.69, 9.17) is 4.74 Å². The van der Waals surface area contributed by atoms with Crippen LogP contribution in [-0.2, 0) is 16.6 Å². The monoisotopic (exact) mass is 496 g/mol. The molecule has 2 heterocycles. The van der Waals surface area contributed by atoms with Crippen molar-refractivity contribution in [2.45, 2.75) is 37.4 Å². The highest BCUT2D eigenvalue weighted by atomic mass is 32.2. The smallest absolute Gasteiger partial charge is 0.247 e. The highest BCUT2D eigenvalue weighted by Gasteiger charge is 2.38. The van der Waals surface area contributed by atoms with Crippen molar-refractivity contribution in [1.29, 1.82) is 0 Å². The van der Waals surface area contributed by atoms with Crippen molar-refractivity contribution >= 4 is 10.0 Å². The summed E-state index contributed by atoms with van der Waals surface area (Å²) in [6, 6.07) is 14.5. The second kappa shape index (κ2) is 10.8. The Morgan fingerprint density at radius 3 is 2.54 bits per heavy atom. The van der Waals surface area contributed by atoms with Gasteiger partial charge in [-0.15, -0.1) is 0 Å². The third-order valence-corrected chi connectivity index (χ3v) is 8.35. The molecule has 3 aromatic rings. The van der Waals surface area contributed by atoms with Crippen LogP contribution in [0.2, 0.25) is 0 Å². The van der Waals surface area contributed by atoms with Gasteiger partial charge in [-0.3, -0.25) is 4.90 Å². The maximum Gasteiger partial charge on any atom is 0.247 e. The Labute approximate surface area is 207 Å². The molecule has 0 bridgehead atoms. The number of ether oxygens (including phenoxy) is 1. The molecule has 8 nitrogen and oxygen atoms in total. The Kier molecular flexibility index (Phi) is 7.81. The van der Waals surface area contributed by atoms with Crippen LogP contribution in [0.3, 0.4) is 0 Å². The van der Waals surface area contributed by atoms with Crippen molar-refractivity contribution < 1.29 is 18.3 Å². The summed E-state index contributed by atoms with van der Waals surface area (Å²) in [5.41, 5.74) is 2.84. The van der Waals surface area contributed by atoms with E-state index >= 15 is 0 Å². The zero-order chi connectivity index (χ0) is 25.0. The van der Waals surface area contributed by atoms with Crippen molar-refractivity contribution in [3.05, 3.63) is 72.8 Å². The summed E-state index contributed by atoms with van der Waals surface area (Å²) >= 11 is 0. The average Bonchev–Trinajstić information content (AvgIpc) is 2.86. The van der Waals surface area contributed by atoms with Gasteiger partial charge in [0.2, 0.25) is 10.0 Å². The molecule has 35 heavy (non-hydrogen) atoms. The molecule has 2 aromatic carbocycles. The fourth-order valence-electron chi connectivity index (χ4n) is 4.35. The van der Waals surface area contributed by atoms with Crippen LogP contribution in [0.5, 0.6) is 5.75 Å². The fraction of sp³-hybridized carbons (Fsp3) is 0.385. The fourth-order valence-corrected chi connectivity index (χ4v) is 6.17. The van der Waals surface area contributed by atoms with E-state index in [1.807, 2.05) is 44.3 Å². The van der Waals surface area contributed by atoms with Crippen molar-refractivity contribution in [2.75, 3.05) is 26.7 Å². The van der Waals surface area contributed by atoms with Crippen molar-refractivity contribution in [3.63, 3.8) is 0 Å². The Morgan fingerprint density at radius 2 is 1.86 bits per heavy atom. The van der Waals surface area contributed by atoms with E-state index in [0.717, 1.165) is 16.7 Å². The van der Waals surface area contributed by atoms with Gasteiger partial charge in [0.05, 0.1) is 6.61 Å². The number of fused-ring (bicyclic) bond motifs is 1. The molecular weight excluding hydrogens is 464 g/mol. The Balaban J connectivity index is 1.72. The van der Waals surface area contributed by atoms with Crippen LogP contribution < -0.4 is 4.74 Å². The van der Waals surface area contributed by atoms with Crippen molar-refractivity contribution in [3.8, 4) is 16.9 Å². The second-order valence-electron chi connectivity index (χ2n) is 9.21. The number of aliphatic hydroxyl groups is 1. The van der Waals surface area contributed by atoms with Gasteiger partial charge in [-0.25, -0.2) is 18.4 Å². The summed E-state index contributed by atoms with van der Waals surface area (Å²) in [6.07, 6.45) is 4.79. The molecule has 4 rings (SSSR count). The summed E-state index contributed by atoms with van der Waals surface area (Å²) in [5.74, 6) is 0.205. The number of sulfonamides is 1. The highest BCUT2D eigenvalue weighted by Crippen LogP contribution is 2.36. The molecule has 0 spiro atoms. The zero-order valence-electron chi connectivity index (χ0n) is 20.3. The van der Waals surface area contributed by atoms with Gasteiger partial charge in [-0.2, -0.15) is 4.31 Å². The van der Waals surface area contributed by atoms with Gasteiger partial charge in [-0.1, -0.05) is 43.3 Å². The predicted molar refractivity (Wildman–Crippen MR) is 134 cm³/mol. The van der Waals surface area contributed by atoms with Crippen LogP contribution in [0, 0.1) is 5.92 Å². The van der Waals surface area contributed by atoms with Crippen molar-refractivity contribution in [1.82, 2.24) is 19.2 Å². The van der Waals surface area contributed by atoms with Crippen LogP contribution in [0.25, 0.3) is 11.1 Å². The van der Waals surface area contributed by atoms with Crippen LogP contribution in [0.1, 0.15) is 19.4 Å². The molecule has 186 valence electrons. The molecule has 0 unspecified atom stereocenters. The number of likely N-dealkylation sites (N-methyl/N-ethyl adjacent to an activating group) is 1. The first kappa shape index (κ1) is 25.2. The predicted octanol–water partition coefficient (Wildman–Crippen LogP) is 3.04. The topological polar surface area (TPSA) is 95.9 Å². The molecule has 0 fully saturated rings. The minimum absolute atomic E-state index is 0.119. The Hall–Kier alpha value is -2.85. The van der Waals surface area contributed by atoms with Crippen LogP contribution >= 0.6 is 0 Å². The summed E-state index contributed by atoms with van der Waals surface area (Å²) in [7, 11) is -1.87. The lowest BCUT2D eigenvalue weighted by Gasteiger charge is -2.37. The zero-order valence-corrected chi connectivity index (χ0v) is 21.1. The van der Waals surface area contributed by atoms with Crippen LogP contribution in [0.15, 0.2) is 72.1 Å². The molecule has 0 amide bonds. The van der Waals surface area contributed by atoms with Gasteiger partial charge in [0.25, 0.3) is 0 Å². The summed E-state index contributed by atoms with van der Waals surface area (Å²) < 4.78 is 35.2. The van der Waals surface area contributed by atoms with E-state index in [0.29, 0.717) is 18.8 Å². The minimum Gasteiger partial charge on any atom is -0.487 e. The largest absolute Gasteiger partial charge is 0.487 e. The van der Waals surface area contributed by atoms with Gasteiger partial charge < -0.3 is 9.84 Å². The number of rotatable bonds is 7. The van der Waals surface area contributed by atoms with E-state index in [2.05, 4.69) is 14.9 Å². The first-order valence-electron chi connectivity index (χ1n) is 11.7. The molecule has 3 atom stereocenters. The lowest BCUT2D eigenvalue weighted by atomic mass is 10.0. The normalized spacial score (nSPS) is 20.9. The van der Waals surface area contributed by atoms with Gasteiger partial charge in [0.15, 0.2) is 0 Å². The SMILES string of the molecule is C[C@H](CO)N1C[C@H](C)[C@H](CN(C)Cc2cncnc2)Oc2cc(-c3ccccc3)ccc2S1(=O)=O. The maximum absolute atomic E-state index is 13.7. The van der Waals surface area contributed by atoms with E-state index in [9.17, 15) is 13.5 Å². The molecule has 1 N–H and O–H groups in total. The lowest BCUT2D eigenvalue weighted by Crippen LogP contribution is -2.49. The van der Waals surface area contributed by atoms with Crippen molar-refractivity contribution in [2.24, 2.45) is 5.92 Å². The van der Waals surface area contributed by atoms with E-state index < -0.39 is 16.1 Å². The average molecular weight is 497 g/mol. The van der Waals surface area contributed by atoms with E-state index in [1.54, 1.807) is 37.5 Å². The highest BCUT2D eigenvalue weighted by molar-refractivity contribution is 7.89. The molecule has 9 heteroatoms. The number of aromatic nitrogens is 2. The molecule has 0 saturated heterocycles. The molecule has 1 aromatic heterocycles. The standard InChI is InChI=1S/C26H32N4O4S/c1-19-14-30(20(2)17-31)35(32,33)26-10-9-23(22-7-5-4-6-8-22)11-24(26)34-25(19)16-29(3)15-21-12-27-18-28-13-21/h4-13,18-20,25,31H,14-17H2,1-3H3/t19-,20+,25-/m0/s1. The molecule has 1 aliphatic heterocycles. The van der Waals surface area contributed by atoms with E-state index in [-0.39, 0.29) is 30.1 Å². The van der Waals surface area contributed by atoms with Gasteiger partial charge in [0, 0.05) is 49.6 Å². The third-order valence-electron chi connectivity index (χ3n) is 6.33. The Morgan fingerprint density at radius 1 is 1.14 bits per heavy atom. The maximum atomic E-state index is 13.7. The minimum atomic E-state index is -3.87. The molecule has 0 aliphatic carbocycles. The van der Waals surface area contributed by atoms with E-state index in [1.165, 1.54) is 10.6 Å². The number of hydrogen-bond acceptors (Lipinski definition) is 7. The molecule has 1 aliphatic rings. The molecule has 0 saturated carbocycles. The summed E-state index contributed by atoms with van der Waals surface area (Å²) in [4.78, 5) is 10.4. The summed E-state index contributed by atoms with van der Waals surface area (Å²) in [6.45, 7) is 4.91. The lowest BCUT2D eigenvalue weighted by molar-refractivity contribution is 0.0733. The van der Waals surface area contributed by atoms with Crippen LogP contribution in [-0.4, -0.2) is 71.6 Å². The van der Waals surface area contributed by atoms with Gasteiger partial charge in [-0.05, 0) is 37.2 Å². The number of nitrogens with zero attached hydrogens (tertiary/aromatic N) is 4. The molecular formula is C26H32N4O4S. The summed E-state index contributed by atoms with van der Waals surface area (Å²) in [5, 5.41) is 9.83. The number of hydrogen-bond donors (Lipinski definition) is 1. The first-order chi connectivity index (χ1) is 16.8. The number of aliphatic hydroxyl groups excluding tert-OH is 1. The quantitative estimate of drug-likeness (QED) is 0.537. The number of benzene rings is 2. The van der Waals surface area contributed by atoms with Gasteiger partial charge >= 0.3 is 0 Å². The molecule has 0 radical (unpaired) electrons. The van der Waals surface area contributed by atoms with Gasteiger partial charge in [0.1, 0.15) is 23.1 Å². The Bertz CT molecular complexity index is 1220.